The molecule has 1 aromatic carbocycles. The molecule has 0 amide bonds. The van der Waals surface area contributed by atoms with Gasteiger partial charge in [0.15, 0.2) is 5.17 Å². The molecule has 0 fully saturated rings. The van der Waals surface area contributed by atoms with Crippen molar-refractivity contribution in [2.75, 3.05) is 17.8 Å². The zero-order chi connectivity index (χ0) is 13.0. The van der Waals surface area contributed by atoms with E-state index in [1.807, 2.05) is 18.4 Å². The Morgan fingerprint density at radius 3 is 3.06 bits per heavy atom. The van der Waals surface area contributed by atoms with E-state index in [0.717, 1.165) is 5.69 Å². The van der Waals surface area contributed by atoms with E-state index in [9.17, 15) is 4.79 Å². The summed E-state index contributed by atoms with van der Waals surface area (Å²) in [7, 11) is 0. The first-order valence-electron chi connectivity index (χ1n) is 5.02. The lowest BCUT2D eigenvalue weighted by Crippen LogP contribution is -2.33. The average Bonchev–Trinajstić information content (AvgIpc) is 2.39. The van der Waals surface area contributed by atoms with E-state index < -0.39 is 0 Å². The van der Waals surface area contributed by atoms with Gasteiger partial charge in [-0.2, -0.15) is 4.99 Å². The van der Waals surface area contributed by atoms with E-state index in [1.165, 1.54) is 17.8 Å². The van der Waals surface area contributed by atoms with Crippen molar-refractivity contribution >= 4 is 46.3 Å². The van der Waals surface area contributed by atoms with Crippen LogP contribution in [0, 0.1) is 0 Å². The Hall–Kier alpha value is -1.62. The van der Waals surface area contributed by atoms with Gasteiger partial charge in [-0.1, -0.05) is 29.4 Å². The highest BCUT2D eigenvalue weighted by molar-refractivity contribution is 8.13. The molecule has 0 unspecified atom stereocenters. The predicted molar refractivity (Wildman–Crippen MR) is 75.3 cm³/mol. The van der Waals surface area contributed by atoms with Gasteiger partial charge in [-0.05, 0) is 24.5 Å². The van der Waals surface area contributed by atoms with E-state index in [-0.39, 0.29) is 5.96 Å². The third kappa shape index (κ3) is 2.79. The number of rotatable bonds is 1. The Balaban J connectivity index is 2.37. The molecule has 0 saturated heterocycles. The molecule has 18 heavy (non-hydrogen) atoms. The van der Waals surface area contributed by atoms with Crippen molar-refractivity contribution in [3.05, 3.63) is 29.3 Å². The molecule has 0 saturated carbocycles. The number of guanidine groups is 1. The fourth-order valence-corrected chi connectivity index (χ4v) is 2.00. The first-order valence-corrected chi connectivity index (χ1v) is 6.63. The van der Waals surface area contributed by atoms with Crippen molar-refractivity contribution < 1.29 is 4.79 Å². The van der Waals surface area contributed by atoms with Gasteiger partial charge in [-0.25, -0.2) is 9.79 Å². The van der Waals surface area contributed by atoms with Crippen LogP contribution < -0.4 is 4.90 Å². The highest BCUT2D eigenvalue weighted by atomic mass is 35.5. The minimum atomic E-state index is 0.270. The molecule has 0 N–H and O–H groups in total. The van der Waals surface area contributed by atoms with E-state index in [1.54, 1.807) is 17.0 Å². The van der Waals surface area contributed by atoms with Crippen molar-refractivity contribution in [3.8, 4) is 0 Å². The Labute approximate surface area is 113 Å². The summed E-state index contributed by atoms with van der Waals surface area (Å²) >= 11 is 7.33. The van der Waals surface area contributed by atoms with E-state index in [0.29, 0.717) is 16.9 Å². The Morgan fingerprint density at radius 2 is 2.39 bits per heavy atom. The van der Waals surface area contributed by atoms with E-state index in [4.69, 9.17) is 11.6 Å². The monoisotopic (exact) mass is 280 g/mol. The number of hydrogen-bond acceptors (Lipinski definition) is 6. The zero-order valence-electron chi connectivity index (χ0n) is 9.50. The average molecular weight is 281 g/mol. The maximum atomic E-state index is 10.4. The van der Waals surface area contributed by atoms with Gasteiger partial charge in [0.1, 0.15) is 6.67 Å². The minimum absolute atomic E-state index is 0.270. The lowest BCUT2D eigenvalue weighted by atomic mass is 10.3. The summed E-state index contributed by atoms with van der Waals surface area (Å²) in [6, 6.07) is 7.19. The molecule has 2 rings (SSSR count). The number of aliphatic imine (C=N–C) groups is 3. The van der Waals surface area contributed by atoms with Gasteiger partial charge < -0.3 is 0 Å². The van der Waals surface area contributed by atoms with Crippen LogP contribution in [-0.2, 0) is 4.79 Å². The number of thioether (sulfide) groups is 1. The first-order chi connectivity index (χ1) is 8.74. The molecule has 1 aliphatic rings. The van der Waals surface area contributed by atoms with E-state index >= 15 is 0 Å². The Morgan fingerprint density at radius 1 is 1.56 bits per heavy atom. The SMILES string of the molecule is CSC1=NCN(c2cccc(Cl)c2)C(N=C=O)=N1. The van der Waals surface area contributed by atoms with Gasteiger partial charge in [-0.3, -0.25) is 4.90 Å². The van der Waals surface area contributed by atoms with Gasteiger partial charge in [0, 0.05) is 10.7 Å². The third-order valence-corrected chi connectivity index (χ3v) is 3.05. The van der Waals surface area contributed by atoms with Crippen LogP contribution in [0.3, 0.4) is 0 Å². The van der Waals surface area contributed by atoms with Gasteiger partial charge in [-0.15, -0.1) is 4.99 Å². The second-order valence-corrected chi connectivity index (χ2v) is 4.52. The standard InChI is InChI=1S/C11H9ClN4OS/c1-18-11-13-6-16(10(15-11)14-7-17)9-4-2-3-8(12)5-9/h2-5H,6H2,1H3. The molecule has 0 aliphatic carbocycles. The summed E-state index contributed by atoms with van der Waals surface area (Å²) < 4.78 is 0. The van der Waals surface area contributed by atoms with Crippen LogP contribution in [0.2, 0.25) is 5.02 Å². The molecular formula is C11H9ClN4OS. The maximum absolute atomic E-state index is 10.4. The van der Waals surface area contributed by atoms with Gasteiger partial charge in [0.2, 0.25) is 12.0 Å². The predicted octanol–water partition coefficient (Wildman–Crippen LogP) is 2.53. The number of isocyanates is 1. The van der Waals surface area contributed by atoms with Crippen molar-refractivity contribution in [2.45, 2.75) is 0 Å². The van der Waals surface area contributed by atoms with Crippen molar-refractivity contribution in [1.82, 2.24) is 0 Å². The fourth-order valence-electron chi connectivity index (χ4n) is 1.45. The number of anilines is 1. The van der Waals surface area contributed by atoms with Crippen LogP contribution in [-0.4, -0.2) is 30.1 Å². The molecule has 1 aliphatic heterocycles. The third-order valence-electron chi connectivity index (χ3n) is 2.23. The highest BCUT2D eigenvalue weighted by Crippen LogP contribution is 2.22. The van der Waals surface area contributed by atoms with Crippen LogP contribution in [0.4, 0.5) is 5.69 Å². The molecule has 0 bridgehead atoms. The summed E-state index contributed by atoms with van der Waals surface area (Å²) in [4.78, 5) is 24.1. The maximum Gasteiger partial charge on any atom is 0.245 e. The van der Waals surface area contributed by atoms with Crippen LogP contribution in [0.1, 0.15) is 0 Å². The summed E-state index contributed by atoms with van der Waals surface area (Å²) in [5.74, 6) is 0.270. The van der Waals surface area contributed by atoms with Crippen LogP contribution in [0.5, 0.6) is 0 Å². The molecule has 0 aromatic heterocycles. The van der Waals surface area contributed by atoms with Gasteiger partial charge in [0.25, 0.3) is 0 Å². The van der Waals surface area contributed by atoms with Crippen LogP contribution in [0.25, 0.3) is 0 Å². The second-order valence-electron chi connectivity index (χ2n) is 3.31. The Kier molecular flexibility index (Phi) is 4.15. The van der Waals surface area contributed by atoms with Gasteiger partial charge in [0.05, 0.1) is 0 Å². The Bertz CT molecular complexity index is 566. The summed E-state index contributed by atoms with van der Waals surface area (Å²) in [6.45, 7) is 0.348. The van der Waals surface area contributed by atoms with Gasteiger partial charge >= 0.3 is 0 Å². The summed E-state index contributed by atoms with van der Waals surface area (Å²) in [6.07, 6.45) is 3.36. The molecule has 0 atom stereocenters. The second kappa shape index (κ2) is 5.82. The summed E-state index contributed by atoms with van der Waals surface area (Å²) in [5.41, 5.74) is 0.782. The molecule has 7 heteroatoms. The molecule has 92 valence electrons. The minimum Gasteiger partial charge on any atom is -0.290 e. The molecule has 5 nitrogen and oxygen atoms in total. The van der Waals surface area contributed by atoms with Crippen molar-refractivity contribution in [2.24, 2.45) is 15.0 Å². The van der Waals surface area contributed by atoms with Crippen LogP contribution in [0.15, 0.2) is 39.2 Å². The zero-order valence-corrected chi connectivity index (χ0v) is 11.1. The summed E-state index contributed by atoms with van der Waals surface area (Å²) in [5, 5.41) is 1.18. The number of carbonyl (C=O) groups excluding carboxylic acids is 1. The largest absolute Gasteiger partial charge is 0.290 e. The van der Waals surface area contributed by atoms with Crippen LogP contribution >= 0.6 is 23.4 Å². The molecule has 1 aromatic rings. The molecule has 0 radical (unpaired) electrons. The number of benzene rings is 1. The van der Waals surface area contributed by atoms with Crippen molar-refractivity contribution in [3.63, 3.8) is 0 Å². The topological polar surface area (TPSA) is 57.4 Å². The highest BCUT2D eigenvalue weighted by Gasteiger charge is 2.18. The quantitative estimate of drug-likeness (QED) is 0.587. The lowest BCUT2D eigenvalue weighted by Gasteiger charge is -2.24. The van der Waals surface area contributed by atoms with E-state index in [2.05, 4.69) is 15.0 Å². The number of hydrogen-bond donors (Lipinski definition) is 0. The van der Waals surface area contributed by atoms with Crippen molar-refractivity contribution in [1.29, 1.82) is 0 Å². The molecule has 0 spiro atoms. The number of halogens is 1. The smallest absolute Gasteiger partial charge is 0.245 e. The normalized spacial score (nSPS) is 14.7. The molecular weight excluding hydrogens is 272 g/mol. The number of amidine groups is 1. The lowest BCUT2D eigenvalue weighted by molar-refractivity contribution is 0.565. The fraction of sp³-hybridized carbons (Fsp3) is 0.182. The number of nitrogens with zero attached hydrogens (tertiary/aromatic N) is 4. The first kappa shape index (κ1) is 12.8. The molecule has 1 heterocycles.